The summed E-state index contributed by atoms with van der Waals surface area (Å²) in [5.41, 5.74) is 11.0. The lowest BCUT2D eigenvalue weighted by molar-refractivity contribution is 1.09. The molecule has 1 N–H and O–H groups in total. The average molecular weight is 444 g/mol. The van der Waals surface area contributed by atoms with Crippen LogP contribution < -0.4 is 5.32 Å². The van der Waals surface area contributed by atoms with E-state index in [1.807, 2.05) is 0 Å². The first-order valence-corrected chi connectivity index (χ1v) is 11.3. The van der Waals surface area contributed by atoms with Crippen LogP contribution in [0.2, 0.25) is 0 Å². The van der Waals surface area contributed by atoms with Crippen molar-refractivity contribution in [3.63, 3.8) is 0 Å². The second-order valence-corrected chi connectivity index (χ2v) is 8.10. The summed E-state index contributed by atoms with van der Waals surface area (Å²) in [6, 6.07) is 21.6. The van der Waals surface area contributed by atoms with Crippen molar-refractivity contribution in [1.82, 2.24) is 0 Å². The molecule has 0 spiro atoms. The monoisotopic (exact) mass is 443 g/mol. The zero-order valence-electron chi connectivity index (χ0n) is 16.8. The Kier molecular flexibility index (Phi) is 6.31. The van der Waals surface area contributed by atoms with Crippen molar-refractivity contribution in [3.8, 4) is 0 Å². The predicted octanol–water partition coefficient (Wildman–Crippen LogP) is 7.33. The Bertz CT molecular complexity index is 1040. The number of nitrogens with one attached hydrogen (secondary N) is 1. The van der Waals surface area contributed by atoms with Crippen LogP contribution in [0.3, 0.4) is 0 Å². The lowest BCUT2D eigenvalue weighted by Gasteiger charge is -2.11. The standard InChI is InChI=1S/C17H17N.C10H9Br/c1-13-8-10-16(11-9-13)18-12-15-6-2-4-14-5-3-7-17(14)15;11-7-9-5-1-3-8-4-2-6-10(8)9/h2-6,8-11,18H,7,12H2,1H3;1-5H,6-7H2. The first-order chi connectivity index (χ1) is 14.2. The molecule has 0 radical (unpaired) electrons. The molecule has 3 aromatic rings. The third kappa shape index (κ3) is 4.71. The van der Waals surface area contributed by atoms with E-state index >= 15 is 0 Å². The van der Waals surface area contributed by atoms with E-state index < -0.39 is 0 Å². The van der Waals surface area contributed by atoms with Crippen molar-refractivity contribution >= 4 is 33.8 Å². The van der Waals surface area contributed by atoms with Crippen molar-refractivity contribution in [3.05, 3.63) is 112 Å². The Morgan fingerprint density at radius 2 is 1.34 bits per heavy atom. The van der Waals surface area contributed by atoms with E-state index in [4.69, 9.17) is 0 Å². The number of fused-ring (bicyclic) bond motifs is 2. The number of hydrogen-bond donors (Lipinski definition) is 1. The predicted molar refractivity (Wildman–Crippen MR) is 129 cm³/mol. The van der Waals surface area contributed by atoms with Gasteiger partial charge in [0.25, 0.3) is 0 Å². The van der Waals surface area contributed by atoms with E-state index in [0.29, 0.717) is 0 Å². The van der Waals surface area contributed by atoms with Crippen LogP contribution in [0, 0.1) is 6.92 Å². The molecule has 29 heavy (non-hydrogen) atoms. The fourth-order valence-electron chi connectivity index (χ4n) is 3.89. The Morgan fingerprint density at radius 3 is 1.97 bits per heavy atom. The molecule has 0 aromatic heterocycles. The second-order valence-electron chi connectivity index (χ2n) is 7.54. The SMILES string of the molecule is BrCc1cccc2c1CC=C2.Cc1ccc(NCc2cccc3c2CC=C3)cc1. The number of aryl methyl sites for hydroxylation is 1. The lowest BCUT2D eigenvalue weighted by Crippen LogP contribution is -2.02. The highest BCUT2D eigenvalue weighted by molar-refractivity contribution is 9.08. The summed E-state index contributed by atoms with van der Waals surface area (Å²) in [7, 11) is 0. The van der Waals surface area contributed by atoms with Crippen molar-refractivity contribution in [2.45, 2.75) is 31.6 Å². The molecule has 0 heterocycles. The molecule has 146 valence electrons. The summed E-state index contributed by atoms with van der Waals surface area (Å²) in [6.45, 7) is 3.01. The quantitative estimate of drug-likeness (QED) is 0.416. The van der Waals surface area contributed by atoms with E-state index in [2.05, 4.69) is 113 Å². The largest absolute Gasteiger partial charge is 0.381 e. The van der Waals surface area contributed by atoms with E-state index in [1.54, 1.807) is 0 Å². The van der Waals surface area contributed by atoms with Gasteiger partial charge < -0.3 is 5.32 Å². The van der Waals surface area contributed by atoms with Gasteiger partial charge in [0.2, 0.25) is 0 Å². The van der Waals surface area contributed by atoms with Crippen molar-refractivity contribution in [1.29, 1.82) is 0 Å². The van der Waals surface area contributed by atoms with Gasteiger partial charge in [-0.15, -0.1) is 0 Å². The molecule has 3 aromatic carbocycles. The number of hydrogen-bond acceptors (Lipinski definition) is 1. The highest BCUT2D eigenvalue weighted by Crippen LogP contribution is 2.25. The topological polar surface area (TPSA) is 12.0 Å². The fourth-order valence-corrected chi connectivity index (χ4v) is 4.41. The van der Waals surface area contributed by atoms with Crippen LogP contribution in [0.1, 0.15) is 38.9 Å². The van der Waals surface area contributed by atoms with Gasteiger partial charge >= 0.3 is 0 Å². The molecule has 2 aliphatic rings. The third-order valence-electron chi connectivity index (χ3n) is 5.54. The molecule has 5 rings (SSSR count). The smallest absolute Gasteiger partial charge is 0.0403 e. The van der Waals surface area contributed by atoms with Gasteiger partial charge in [-0.2, -0.15) is 0 Å². The maximum Gasteiger partial charge on any atom is 0.0403 e. The Labute approximate surface area is 182 Å². The van der Waals surface area contributed by atoms with Gasteiger partial charge in [0, 0.05) is 17.6 Å². The molecule has 0 bridgehead atoms. The minimum Gasteiger partial charge on any atom is -0.381 e. The molecule has 0 saturated heterocycles. The molecular weight excluding hydrogens is 418 g/mol. The molecule has 0 amide bonds. The van der Waals surface area contributed by atoms with Crippen LogP contribution >= 0.6 is 15.9 Å². The molecule has 0 fully saturated rings. The minimum absolute atomic E-state index is 0.897. The zero-order valence-corrected chi connectivity index (χ0v) is 18.4. The summed E-state index contributed by atoms with van der Waals surface area (Å²) in [5, 5.41) is 4.46. The fraction of sp³-hybridized carbons (Fsp3) is 0.185. The molecular formula is C27H26BrN. The van der Waals surface area contributed by atoms with Crippen molar-refractivity contribution in [2.24, 2.45) is 0 Å². The molecule has 0 atom stereocenters. The van der Waals surface area contributed by atoms with Gasteiger partial charge in [-0.3, -0.25) is 0 Å². The van der Waals surface area contributed by atoms with Crippen LogP contribution in [-0.2, 0) is 24.7 Å². The van der Waals surface area contributed by atoms with Gasteiger partial charge in [-0.1, -0.05) is 94.3 Å². The van der Waals surface area contributed by atoms with E-state index in [9.17, 15) is 0 Å². The Hall–Kier alpha value is -2.58. The highest BCUT2D eigenvalue weighted by atomic mass is 79.9. The summed E-state index contributed by atoms with van der Waals surface area (Å²) in [6.07, 6.45) is 11.0. The highest BCUT2D eigenvalue weighted by Gasteiger charge is 2.09. The number of allylic oxidation sites excluding steroid dienone is 2. The minimum atomic E-state index is 0.897. The van der Waals surface area contributed by atoms with Gasteiger partial charge in [-0.05, 0) is 65.3 Å². The Balaban J connectivity index is 0.000000159. The van der Waals surface area contributed by atoms with Crippen LogP contribution in [0.15, 0.2) is 72.8 Å². The molecule has 0 aliphatic heterocycles. The third-order valence-corrected chi connectivity index (χ3v) is 6.14. The molecule has 0 unspecified atom stereocenters. The first-order valence-electron chi connectivity index (χ1n) is 10.2. The first kappa shape index (κ1) is 19.7. The normalized spacial score (nSPS) is 12.9. The average Bonchev–Trinajstić information content (AvgIpc) is 3.43. The van der Waals surface area contributed by atoms with Crippen molar-refractivity contribution < 1.29 is 0 Å². The second kappa shape index (κ2) is 9.28. The van der Waals surface area contributed by atoms with Crippen LogP contribution in [0.4, 0.5) is 5.69 Å². The lowest BCUT2D eigenvalue weighted by atomic mass is 10.0. The van der Waals surface area contributed by atoms with E-state index in [1.165, 1.54) is 44.6 Å². The Morgan fingerprint density at radius 1 is 0.759 bits per heavy atom. The van der Waals surface area contributed by atoms with Crippen molar-refractivity contribution in [2.75, 3.05) is 5.32 Å². The summed E-state index contributed by atoms with van der Waals surface area (Å²) in [5.74, 6) is 0. The van der Waals surface area contributed by atoms with E-state index in [-0.39, 0.29) is 0 Å². The molecule has 0 saturated carbocycles. The van der Waals surface area contributed by atoms with Crippen LogP contribution in [0.5, 0.6) is 0 Å². The molecule has 1 nitrogen and oxygen atoms in total. The maximum atomic E-state index is 3.49. The summed E-state index contributed by atoms with van der Waals surface area (Å²) >= 11 is 3.48. The number of benzene rings is 3. The van der Waals surface area contributed by atoms with Gasteiger partial charge in [0.05, 0.1) is 0 Å². The van der Waals surface area contributed by atoms with Gasteiger partial charge in [0.1, 0.15) is 0 Å². The maximum absolute atomic E-state index is 3.49. The molecule has 2 heteroatoms. The zero-order chi connectivity index (χ0) is 20.1. The van der Waals surface area contributed by atoms with Crippen LogP contribution in [-0.4, -0.2) is 0 Å². The number of rotatable bonds is 4. The molecule has 2 aliphatic carbocycles. The van der Waals surface area contributed by atoms with Crippen LogP contribution in [0.25, 0.3) is 12.2 Å². The van der Waals surface area contributed by atoms with Gasteiger partial charge in [0.15, 0.2) is 0 Å². The summed E-state index contributed by atoms with van der Waals surface area (Å²) in [4.78, 5) is 0. The number of alkyl halides is 1. The number of halogens is 1. The van der Waals surface area contributed by atoms with Gasteiger partial charge in [-0.25, -0.2) is 0 Å². The number of anilines is 1. The summed E-state index contributed by atoms with van der Waals surface area (Å²) < 4.78 is 0. The van der Waals surface area contributed by atoms with E-state index in [0.717, 1.165) is 24.7 Å².